The summed E-state index contributed by atoms with van der Waals surface area (Å²) in [4.78, 5) is 24.7. The van der Waals surface area contributed by atoms with Gasteiger partial charge in [0.05, 0.1) is 14.2 Å². The van der Waals surface area contributed by atoms with Crippen LogP contribution in [0.5, 0.6) is 23.0 Å². The lowest BCUT2D eigenvalue weighted by Crippen LogP contribution is -2.27. The van der Waals surface area contributed by atoms with Crippen LogP contribution in [0.25, 0.3) is 6.08 Å². The van der Waals surface area contributed by atoms with E-state index in [2.05, 4.69) is 0 Å². The summed E-state index contributed by atoms with van der Waals surface area (Å²) in [6.45, 7) is 10.9. The van der Waals surface area contributed by atoms with Crippen LogP contribution < -0.4 is 18.9 Å². The SMILES string of the molecule is COc1cc(C=CC(=O)c2cccc(OCC(=O)OC(C)(C)C)c2)c(OC(C)(C)C)cc1OC. The Labute approximate surface area is 201 Å². The molecule has 0 radical (unpaired) electrons. The van der Waals surface area contributed by atoms with E-state index in [1.807, 2.05) is 20.8 Å². The van der Waals surface area contributed by atoms with Gasteiger partial charge >= 0.3 is 5.97 Å². The van der Waals surface area contributed by atoms with Crippen LogP contribution >= 0.6 is 0 Å². The molecule has 0 unspecified atom stereocenters. The Bertz CT molecular complexity index is 1040. The van der Waals surface area contributed by atoms with Gasteiger partial charge in [-0.1, -0.05) is 12.1 Å². The number of benzene rings is 2. The van der Waals surface area contributed by atoms with Crippen LogP contribution in [-0.4, -0.2) is 43.8 Å². The third kappa shape index (κ3) is 8.46. The zero-order valence-electron chi connectivity index (χ0n) is 21.2. The van der Waals surface area contributed by atoms with Gasteiger partial charge in [-0.2, -0.15) is 0 Å². The fraction of sp³-hybridized carbons (Fsp3) is 0.407. The predicted octanol–water partition coefficient (Wildman–Crippen LogP) is 5.50. The molecular formula is C27H34O7. The minimum absolute atomic E-state index is 0.237. The summed E-state index contributed by atoms with van der Waals surface area (Å²) >= 11 is 0. The minimum atomic E-state index is -0.594. The van der Waals surface area contributed by atoms with Gasteiger partial charge in [0.15, 0.2) is 23.9 Å². The number of hydrogen-bond donors (Lipinski definition) is 0. The van der Waals surface area contributed by atoms with Crippen LogP contribution in [-0.2, 0) is 9.53 Å². The lowest BCUT2D eigenvalue weighted by atomic mass is 10.1. The summed E-state index contributed by atoms with van der Waals surface area (Å²) in [6, 6.07) is 10.1. The van der Waals surface area contributed by atoms with E-state index in [1.54, 1.807) is 77.5 Å². The molecule has 0 atom stereocenters. The van der Waals surface area contributed by atoms with Gasteiger partial charge < -0.3 is 23.7 Å². The van der Waals surface area contributed by atoms with Gasteiger partial charge in [0.2, 0.25) is 0 Å². The molecule has 0 aliphatic heterocycles. The van der Waals surface area contributed by atoms with Crippen molar-refractivity contribution in [3.63, 3.8) is 0 Å². The maximum absolute atomic E-state index is 12.8. The molecule has 184 valence electrons. The van der Waals surface area contributed by atoms with E-state index >= 15 is 0 Å². The van der Waals surface area contributed by atoms with E-state index < -0.39 is 17.2 Å². The minimum Gasteiger partial charge on any atom is -0.493 e. The zero-order chi connectivity index (χ0) is 25.5. The largest absolute Gasteiger partial charge is 0.493 e. The Morgan fingerprint density at radius 1 is 0.853 bits per heavy atom. The van der Waals surface area contributed by atoms with E-state index in [9.17, 15) is 9.59 Å². The molecule has 34 heavy (non-hydrogen) atoms. The molecule has 0 amide bonds. The zero-order valence-corrected chi connectivity index (χ0v) is 21.2. The number of hydrogen-bond acceptors (Lipinski definition) is 7. The Balaban J connectivity index is 2.22. The first-order chi connectivity index (χ1) is 15.8. The molecule has 2 rings (SSSR count). The van der Waals surface area contributed by atoms with Crippen molar-refractivity contribution >= 4 is 17.8 Å². The molecule has 0 aromatic heterocycles. The molecule has 0 spiro atoms. The molecule has 2 aromatic rings. The number of carbonyl (C=O) groups excluding carboxylic acids is 2. The summed E-state index contributed by atoms with van der Waals surface area (Å²) in [7, 11) is 3.10. The van der Waals surface area contributed by atoms with Gasteiger partial charge in [-0.3, -0.25) is 4.79 Å². The summed E-state index contributed by atoms with van der Waals surface area (Å²) < 4.78 is 27.6. The van der Waals surface area contributed by atoms with Crippen LogP contribution in [0.4, 0.5) is 0 Å². The van der Waals surface area contributed by atoms with Crippen molar-refractivity contribution in [1.29, 1.82) is 0 Å². The summed E-state index contributed by atoms with van der Waals surface area (Å²) in [5.41, 5.74) is 0.0318. The number of rotatable bonds is 9. The topological polar surface area (TPSA) is 80.3 Å². The van der Waals surface area contributed by atoms with Gasteiger partial charge in [-0.25, -0.2) is 4.79 Å². The van der Waals surface area contributed by atoms with Gasteiger partial charge in [0.1, 0.15) is 22.7 Å². The van der Waals surface area contributed by atoms with Crippen LogP contribution in [0.15, 0.2) is 42.5 Å². The van der Waals surface area contributed by atoms with Gasteiger partial charge in [0, 0.05) is 17.2 Å². The smallest absolute Gasteiger partial charge is 0.344 e. The first kappa shape index (κ1) is 26.8. The number of methoxy groups -OCH3 is 2. The molecule has 0 N–H and O–H groups in total. The van der Waals surface area contributed by atoms with E-state index in [0.717, 1.165) is 0 Å². The molecule has 0 saturated heterocycles. The second-order valence-electron chi connectivity index (χ2n) is 9.56. The van der Waals surface area contributed by atoms with Gasteiger partial charge in [-0.05, 0) is 71.9 Å². The highest BCUT2D eigenvalue weighted by Gasteiger charge is 2.18. The monoisotopic (exact) mass is 470 g/mol. The van der Waals surface area contributed by atoms with Crippen molar-refractivity contribution in [2.45, 2.75) is 52.7 Å². The van der Waals surface area contributed by atoms with Crippen molar-refractivity contribution in [3.8, 4) is 23.0 Å². The number of allylic oxidation sites excluding steroid dienone is 1. The first-order valence-corrected chi connectivity index (χ1v) is 10.9. The molecule has 7 nitrogen and oxygen atoms in total. The molecule has 7 heteroatoms. The Hall–Kier alpha value is -3.48. The van der Waals surface area contributed by atoms with Gasteiger partial charge in [0.25, 0.3) is 0 Å². The molecule has 0 aliphatic rings. The van der Waals surface area contributed by atoms with Crippen LogP contribution in [0.3, 0.4) is 0 Å². The second-order valence-corrected chi connectivity index (χ2v) is 9.56. The molecule has 0 fully saturated rings. The highest BCUT2D eigenvalue weighted by Crippen LogP contribution is 2.37. The van der Waals surface area contributed by atoms with Crippen molar-refractivity contribution in [3.05, 3.63) is 53.6 Å². The fourth-order valence-corrected chi connectivity index (χ4v) is 2.94. The molecule has 0 saturated carbocycles. The average molecular weight is 471 g/mol. The molecule has 0 heterocycles. The number of carbonyl (C=O) groups is 2. The Morgan fingerprint density at radius 3 is 2.09 bits per heavy atom. The van der Waals surface area contributed by atoms with Crippen molar-refractivity contribution in [2.24, 2.45) is 0 Å². The Kier molecular flexibility index (Phi) is 8.74. The molecule has 2 aromatic carbocycles. The summed E-state index contributed by atoms with van der Waals surface area (Å²) in [6.07, 6.45) is 3.11. The van der Waals surface area contributed by atoms with Gasteiger partial charge in [-0.15, -0.1) is 0 Å². The van der Waals surface area contributed by atoms with E-state index in [4.69, 9.17) is 23.7 Å². The molecular weight excluding hydrogens is 436 g/mol. The molecule has 0 bridgehead atoms. The highest BCUT2D eigenvalue weighted by atomic mass is 16.6. The second kappa shape index (κ2) is 11.1. The van der Waals surface area contributed by atoms with Crippen LogP contribution in [0.1, 0.15) is 57.5 Å². The maximum Gasteiger partial charge on any atom is 0.344 e. The van der Waals surface area contributed by atoms with E-state index in [0.29, 0.717) is 34.1 Å². The maximum atomic E-state index is 12.8. The van der Waals surface area contributed by atoms with E-state index in [-0.39, 0.29) is 12.4 Å². The third-order valence-corrected chi connectivity index (χ3v) is 4.24. The lowest BCUT2D eigenvalue weighted by molar-refractivity contribution is -0.157. The number of ether oxygens (including phenoxy) is 5. The van der Waals surface area contributed by atoms with Crippen molar-refractivity contribution < 1.29 is 33.3 Å². The normalized spacial score (nSPS) is 11.8. The number of esters is 1. The quantitative estimate of drug-likeness (QED) is 0.272. The van der Waals surface area contributed by atoms with Crippen molar-refractivity contribution in [2.75, 3.05) is 20.8 Å². The first-order valence-electron chi connectivity index (χ1n) is 10.9. The lowest BCUT2D eigenvalue weighted by Gasteiger charge is -2.23. The standard InChI is InChI=1S/C27H34O7/c1-26(2,3)33-22-16-24(31-8)23(30-7)15-19(22)12-13-21(28)18-10-9-11-20(14-18)32-17-25(29)34-27(4,5)6/h9-16H,17H2,1-8H3. The number of ketones is 1. The van der Waals surface area contributed by atoms with Crippen LogP contribution in [0, 0.1) is 0 Å². The Morgan fingerprint density at radius 2 is 1.50 bits per heavy atom. The summed E-state index contributed by atoms with van der Waals surface area (Å²) in [5, 5.41) is 0. The van der Waals surface area contributed by atoms with Crippen LogP contribution in [0.2, 0.25) is 0 Å². The van der Waals surface area contributed by atoms with Crippen molar-refractivity contribution in [1.82, 2.24) is 0 Å². The van der Waals surface area contributed by atoms with E-state index in [1.165, 1.54) is 6.08 Å². The highest BCUT2D eigenvalue weighted by molar-refractivity contribution is 6.07. The average Bonchev–Trinajstić information content (AvgIpc) is 2.74. The summed E-state index contributed by atoms with van der Waals surface area (Å²) in [5.74, 6) is 1.29. The molecule has 0 aliphatic carbocycles. The fourth-order valence-electron chi connectivity index (χ4n) is 2.94. The predicted molar refractivity (Wildman–Crippen MR) is 131 cm³/mol. The third-order valence-electron chi connectivity index (χ3n) is 4.24.